The van der Waals surface area contributed by atoms with Gasteiger partial charge >= 0.3 is 0 Å². The summed E-state index contributed by atoms with van der Waals surface area (Å²) in [6.07, 6.45) is 11.0. The van der Waals surface area contributed by atoms with Crippen molar-refractivity contribution in [1.82, 2.24) is 0 Å². The third-order valence-corrected chi connectivity index (χ3v) is 3.87. The molecule has 1 aromatic rings. The molecule has 0 fully saturated rings. The molecule has 3 rings (SSSR count). The first-order chi connectivity index (χ1) is 6.95. The van der Waals surface area contributed by atoms with Crippen molar-refractivity contribution >= 4 is 0 Å². The molecule has 0 spiro atoms. The highest BCUT2D eigenvalue weighted by molar-refractivity contribution is 5.43. The van der Waals surface area contributed by atoms with Crippen LogP contribution in [0.2, 0.25) is 0 Å². The molecule has 0 nitrogen and oxygen atoms in total. The Hall–Kier alpha value is -0.780. The van der Waals surface area contributed by atoms with Gasteiger partial charge in [-0.2, -0.15) is 0 Å². The number of fused-ring (bicyclic) bond motifs is 3. The molecule has 0 aromatic heterocycles. The molecular formula is C14H18. The third-order valence-electron chi connectivity index (χ3n) is 3.87. The van der Waals surface area contributed by atoms with Crippen molar-refractivity contribution in [3.8, 4) is 0 Å². The molecule has 0 unspecified atom stereocenters. The van der Waals surface area contributed by atoms with E-state index in [0.717, 1.165) is 0 Å². The van der Waals surface area contributed by atoms with E-state index in [1.807, 2.05) is 0 Å². The van der Waals surface area contributed by atoms with Crippen molar-refractivity contribution in [2.75, 3.05) is 0 Å². The van der Waals surface area contributed by atoms with Gasteiger partial charge in [0.1, 0.15) is 0 Å². The molecule has 0 atom stereocenters. The summed E-state index contributed by atoms with van der Waals surface area (Å²) in [6.45, 7) is 0. The molecule has 14 heavy (non-hydrogen) atoms. The topological polar surface area (TPSA) is 0 Å². The van der Waals surface area contributed by atoms with Gasteiger partial charge in [0.2, 0.25) is 0 Å². The second-order valence-electron chi connectivity index (χ2n) is 4.76. The zero-order chi connectivity index (χ0) is 9.38. The summed E-state index contributed by atoms with van der Waals surface area (Å²) < 4.78 is 0. The Morgan fingerprint density at radius 2 is 1.00 bits per heavy atom. The van der Waals surface area contributed by atoms with Gasteiger partial charge in [-0.3, -0.25) is 0 Å². The summed E-state index contributed by atoms with van der Waals surface area (Å²) in [5, 5.41) is 0. The van der Waals surface area contributed by atoms with Gasteiger partial charge < -0.3 is 0 Å². The average molecular weight is 186 g/mol. The van der Waals surface area contributed by atoms with Crippen LogP contribution in [0.15, 0.2) is 12.1 Å². The minimum absolute atomic E-state index is 1.34. The van der Waals surface area contributed by atoms with Crippen LogP contribution in [0.1, 0.15) is 47.9 Å². The zero-order valence-corrected chi connectivity index (χ0v) is 8.81. The second kappa shape index (κ2) is 3.42. The normalized spacial score (nSPS) is 20.0. The summed E-state index contributed by atoms with van der Waals surface area (Å²) in [4.78, 5) is 0. The maximum Gasteiger partial charge on any atom is -0.0273 e. The lowest BCUT2D eigenvalue weighted by Gasteiger charge is -2.25. The van der Waals surface area contributed by atoms with E-state index in [4.69, 9.17) is 0 Å². The highest BCUT2D eigenvalue weighted by Crippen LogP contribution is 2.31. The lowest BCUT2D eigenvalue weighted by Crippen LogP contribution is -2.12. The minimum atomic E-state index is 1.34. The SMILES string of the molecule is c1cc2c(c3c1CCCC3)CCCC2. The van der Waals surface area contributed by atoms with Crippen LogP contribution in [0.4, 0.5) is 0 Å². The summed E-state index contributed by atoms with van der Waals surface area (Å²) in [7, 11) is 0. The van der Waals surface area contributed by atoms with Crippen LogP contribution in [-0.4, -0.2) is 0 Å². The van der Waals surface area contributed by atoms with Gasteiger partial charge in [-0.15, -0.1) is 0 Å². The fourth-order valence-corrected chi connectivity index (χ4v) is 3.12. The Labute approximate surface area is 86.3 Å². The number of rotatable bonds is 0. The molecule has 0 aliphatic heterocycles. The standard InChI is InChI=1S/C14H18/c1-3-7-13-11(5-1)9-10-12-6-2-4-8-14(12)13/h9-10H,1-8H2. The second-order valence-corrected chi connectivity index (χ2v) is 4.76. The van der Waals surface area contributed by atoms with E-state index in [-0.39, 0.29) is 0 Å². The molecular weight excluding hydrogens is 168 g/mol. The van der Waals surface area contributed by atoms with Gasteiger partial charge in [0.15, 0.2) is 0 Å². The van der Waals surface area contributed by atoms with E-state index in [1.54, 1.807) is 22.3 Å². The number of benzene rings is 1. The Kier molecular flexibility index (Phi) is 2.08. The molecule has 0 saturated heterocycles. The molecule has 0 heterocycles. The number of hydrogen-bond acceptors (Lipinski definition) is 0. The molecule has 0 saturated carbocycles. The van der Waals surface area contributed by atoms with Crippen molar-refractivity contribution in [3.05, 3.63) is 34.4 Å². The van der Waals surface area contributed by atoms with E-state index < -0.39 is 0 Å². The van der Waals surface area contributed by atoms with Crippen LogP contribution in [0.5, 0.6) is 0 Å². The lowest BCUT2D eigenvalue weighted by molar-refractivity contribution is 0.640. The molecule has 2 aliphatic carbocycles. The van der Waals surface area contributed by atoms with E-state index >= 15 is 0 Å². The highest BCUT2D eigenvalue weighted by Gasteiger charge is 2.18. The number of hydrogen-bond donors (Lipinski definition) is 0. The van der Waals surface area contributed by atoms with E-state index in [1.165, 1.54) is 51.4 Å². The molecule has 0 bridgehead atoms. The molecule has 0 radical (unpaired) electrons. The predicted molar refractivity (Wildman–Crippen MR) is 59.7 cm³/mol. The molecule has 1 aromatic carbocycles. The fraction of sp³-hybridized carbons (Fsp3) is 0.571. The van der Waals surface area contributed by atoms with Gasteiger partial charge in [0.05, 0.1) is 0 Å². The van der Waals surface area contributed by atoms with E-state index in [9.17, 15) is 0 Å². The van der Waals surface area contributed by atoms with Crippen molar-refractivity contribution < 1.29 is 0 Å². The largest absolute Gasteiger partial charge is 0.0585 e. The van der Waals surface area contributed by atoms with Crippen LogP contribution in [-0.2, 0) is 25.7 Å². The quantitative estimate of drug-likeness (QED) is 0.582. The number of aryl methyl sites for hydroxylation is 2. The van der Waals surface area contributed by atoms with Crippen molar-refractivity contribution in [2.24, 2.45) is 0 Å². The summed E-state index contributed by atoms with van der Waals surface area (Å²) in [6, 6.07) is 4.80. The Bertz CT molecular complexity index is 314. The summed E-state index contributed by atoms with van der Waals surface area (Å²) in [5.41, 5.74) is 6.82. The van der Waals surface area contributed by atoms with Crippen LogP contribution in [0.3, 0.4) is 0 Å². The Balaban J connectivity index is 2.12. The van der Waals surface area contributed by atoms with Gasteiger partial charge in [-0.05, 0) is 73.6 Å². The molecule has 0 heteroatoms. The minimum Gasteiger partial charge on any atom is -0.0585 e. The molecule has 74 valence electrons. The van der Waals surface area contributed by atoms with Gasteiger partial charge in [-0.25, -0.2) is 0 Å². The third kappa shape index (κ3) is 1.28. The van der Waals surface area contributed by atoms with Crippen molar-refractivity contribution in [1.29, 1.82) is 0 Å². The van der Waals surface area contributed by atoms with Crippen LogP contribution in [0, 0.1) is 0 Å². The van der Waals surface area contributed by atoms with Crippen LogP contribution >= 0.6 is 0 Å². The van der Waals surface area contributed by atoms with Crippen LogP contribution in [0.25, 0.3) is 0 Å². The lowest BCUT2D eigenvalue weighted by atomic mass is 9.81. The first-order valence-electron chi connectivity index (χ1n) is 6.07. The predicted octanol–water partition coefficient (Wildman–Crippen LogP) is 3.44. The molecule has 2 aliphatic rings. The smallest absolute Gasteiger partial charge is 0.0273 e. The monoisotopic (exact) mass is 186 g/mol. The summed E-state index contributed by atoms with van der Waals surface area (Å²) in [5.74, 6) is 0. The molecule has 0 N–H and O–H groups in total. The van der Waals surface area contributed by atoms with Crippen molar-refractivity contribution in [2.45, 2.75) is 51.4 Å². The highest BCUT2D eigenvalue weighted by atomic mass is 14.2. The van der Waals surface area contributed by atoms with Crippen molar-refractivity contribution in [3.63, 3.8) is 0 Å². The summed E-state index contributed by atoms with van der Waals surface area (Å²) >= 11 is 0. The zero-order valence-electron chi connectivity index (χ0n) is 8.81. The first-order valence-corrected chi connectivity index (χ1v) is 6.07. The van der Waals surface area contributed by atoms with Crippen LogP contribution < -0.4 is 0 Å². The van der Waals surface area contributed by atoms with Gasteiger partial charge in [-0.1, -0.05) is 12.1 Å². The fourth-order valence-electron chi connectivity index (χ4n) is 3.12. The maximum absolute atomic E-state index is 2.40. The average Bonchev–Trinajstić information content (AvgIpc) is 2.29. The van der Waals surface area contributed by atoms with Gasteiger partial charge in [0, 0.05) is 0 Å². The van der Waals surface area contributed by atoms with E-state index in [2.05, 4.69) is 12.1 Å². The maximum atomic E-state index is 2.40. The van der Waals surface area contributed by atoms with E-state index in [0.29, 0.717) is 0 Å². The Morgan fingerprint density at radius 1 is 0.571 bits per heavy atom. The first kappa shape index (κ1) is 8.52. The molecule has 0 amide bonds. The Morgan fingerprint density at radius 3 is 1.50 bits per heavy atom. The van der Waals surface area contributed by atoms with Gasteiger partial charge in [0.25, 0.3) is 0 Å².